The van der Waals surface area contributed by atoms with Crippen molar-refractivity contribution in [1.29, 1.82) is 0 Å². The molecule has 9 heteroatoms. The van der Waals surface area contributed by atoms with Gasteiger partial charge in [-0.2, -0.15) is 0 Å². The molecule has 0 unspecified atom stereocenters. The van der Waals surface area contributed by atoms with Crippen LogP contribution in [0, 0.1) is 0 Å². The van der Waals surface area contributed by atoms with Crippen molar-refractivity contribution in [2.75, 3.05) is 44.2 Å². The molecule has 4 aromatic rings. The van der Waals surface area contributed by atoms with E-state index in [2.05, 4.69) is 67.3 Å². The molecule has 5 rings (SSSR count). The summed E-state index contributed by atoms with van der Waals surface area (Å²) in [6, 6.07) is 24.0. The predicted molar refractivity (Wildman–Crippen MR) is 157 cm³/mol. The molecule has 0 radical (unpaired) electrons. The van der Waals surface area contributed by atoms with Crippen LogP contribution < -0.4 is 19.9 Å². The van der Waals surface area contributed by atoms with Gasteiger partial charge < -0.3 is 29.2 Å². The SMILES string of the molecule is COCCOc1ccc(N2C(=S)N[C@@H](c3ccccn3)[C@@H]2c2cccn2-c2ccc(N(C)C)cc2)cc1Cl. The summed E-state index contributed by atoms with van der Waals surface area (Å²) in [6.45, 7) is 0.905. The maximum atomic E-state index is 6.65. The summed E-state index contributed by atoms with van der Waals surface area (Å²) >= 11 is 12.5. The van der Waals surface area contributed by atoms with E-state index >= 15 is 0 Å². The summed E-state index contributed by atoms with van der Waals surface area (Å²) in [5, 5.41) is 4.63. The first-order valence-corrected chi connectivity index (χ1v) is 13.1. The van der Waals surface area contributed by atoms with E-state index in [0.717, 1.165) is 28.5 Å². The number of hydrogen-bond acceptors (Lipinski definition) is 5. The molecule has 2 atom stereocenters. The highest BCUT2D eigenvalue weighted by atomic mass is 35.5. The normalized spacial score (nSPS) is 16.9. The first-order chi connectivity index (χ1) is 18.5. The minimum Gasteiger partial charge on any atom is -0.490 e. The number of nitrogens with one attached hydrogen (secondary N) is 1. The highest BCUT2D eigenvalue weighted by Gasteiger charge is 2.42. The quantitative estimate of drug-likeness (QED) is 0.210. The van der Waals surface area contributed by atoms with Gasteiger partial charge in [-0.1, -0.05) is 17.7 Å². The zero-order valence-corrected chi connectivity index (χ0v) is 23.1. The number of halogens is 1. The van der Waals surface area contributed by atoms with Gasteiger partial charge in [0.2, 0.25) is 0 Å². The molecule has 2 aromatic carbocycles. The first-order valence-electron chi connectivity index (χ1n) is 12.3. The van der Waals surface area contributed by atoms with E-state index in [0.29, 0.717) is 29.1 Å². The summed E-state index contributed by atoms with van der Waals surface area (Å²) in [7, 11) is 5.71. The standard InChI is InChI=1S/C29H30ClN5O2S/c1-33(2)20-9-11-21(12-10-20)34-16-6-8-25(34)28-27(24-7-4-5-15-31-24)32-29(38)35(28)22-13-14-26(23(30)19-22)37-18-17-36-3/h4-16,19,27-28H,17-18H2,1-3H3,(H,32,38)/t27-,28-/m0/s1. The minimum atomic E-state index is -0.183. The summed E-state index contributed by atoms with van der Waals surface area (Å²) in [4.78, 5) is 8.87. The third-order valence-corrected chi connectivity index (χ3v) is 7.17. The van der Waals surface area contributed by atoms with Crippen LogP contribution in [-0.4, -0.2) is 49.1 Å². The maximum Gasteiger partial charge on any atom is 0.174 e. The lowest BCUT2D eigenvalue weighted by atomic mass is 10.0. The van der Waals surface area contributed by atoms with Gasteiger partial charge in [0.1, 0.15) is 18.4 Å². The van der Waals surface area contributed by atoms with Crippen LogP contribution in [0.5, 0.6) is 5.75 Å². The Hall–Kier alpha value is -3.59. The zero-order valence-electron chi connectivity index (χ0n) is 21.5. The molecule has 1 N–H and O–H groups in total. The molecule has 7 nitrogen and oxygen atoms in total. The molecular weight excluding hydrogens is 518 g/mol. The first kappa shape index (κ1) is 26.0. The Morgan fingerprint density at radius 2 is 1.79 bits per heavy atom. The molecule has 38 heavy (non-hydrogen) atoms. The van der Waals surface area contributed by atoms with Crippen molar-refractivity contribution < 1.29 is 9.47 Å². The van der Waals surface area contributed by atoms with Gasteiger partial charge in [-0.25, -0.2) is 0 Å². The Morgan fingerprint density at radius 3 is 2.47 bits per heavy atom. The average Bonchev–Trinajstić information content (AvgIpc) is 3.54. The number of benzene rings is 2. The average molecular weight is 548 g/mol. The summed E-state index contributed by atoms with van der Waals surface area (Å²) in [6.07, 6.45) is 3.89. The predicted octanol–water partition coefficient (Wildman–Crippen LogP) is 5.79. The smallest absolute Gasteiger partial charge is 0.174 e. The molecular formula is C29H30ClN5O2S. The number of rotatable bonds is 9. The maximum absolute atomic E-state index is 6.65. The lowest BCUT2D eigenvalue weighted by molar-refractivity contribution is 0.146. The van der Waals surface area contributed by atoms with Gasteiger partial charge in [0.25, 0.3) is 0 Å². The monoisotopic (exact) mass is 547 g/mol. The van der Waals surface area contributed by atoms with Gasteiger partial charge in [-0.05, 0) is 78.9 Å². The number of methoxy groups -OCH3 is 1. The number of pyridine rings is 1. The minimum absolute atomic E-state index is 0.171. The van der Waals surface area contributed by atoms with Crippen LogP contribution in [0.25, 0.3) is 5.69 Å². The lowest BCUT2D eigenvalue weighted by Crippen LogP contribution is -2.30. The molecule has 0 amide bonds. The van der Waals surface area contributed by atoms with Crippen LogP contribution in [0.1, 0.15) is 23.5 Å². The molecule has 0 bridgehead atoms. The van der Waals surface area contributed by atoms with E-state index in [1.807, 2.05) is 56.7 Å². The second-order valence-electron chi connectivity index (χ2n) is 9.17. The number of thiocarbonyl (C=S) groups is 1. The van der Waals surface area contributed by atoms with Crippen molar-refractivity contribution in [2.24, 2.45) is 0 Å². The van der Waals surface area contributed by atoms with Gasteiger partial charge in [0.15, 0.2) is 5.11 Å². The zero-order chi connectivity index (χ0) is 26.6. The van der Waals surface area contributed by atoms with Crippen LogP contribution in [0.4, 0.5) is 11.4 Å². The molecule has 0 saturated carbocycles. The fourth-order valence-corrected chi connectivity index (χ4v) is 5.28. The molecule has 1 aliphatic rings. The summed E-state index contributed by atoms with van der Waals surface area (Å²) < 4.78 is 13.1. The van der Waals surface area contributed by atoms with Crippen LogP contribution in [0.3, 0.4) is 0 Å². The van der Waals surface area contributed by atoms with Crippen molar-refractivity contribution in [3.63, 3.8) is 0 Å². The molecule has 2 aromatic heterocycles. The highest BCUT2D eigenvalue weighted by Crippen LogP contribution is 2.43. The van der Waals surface area contributed by atoms with E-state index in [4.69, 9.17) is 33.3 Å². The molecule has 3 heterocycles. The van der Waals surface area contributed by atoms with Gasteiger partial charge in [-0.15, -0.1) is 0 Å². The van der Waals surface area contributed by atoms with Gasteiger partial charge in [0.05, 0.1) is 23.4 Å². The van der Waals surface area contributed by atoms with Gasteiger partial charge in [-0.3, -0.25) is 4.98 Å². The number of nitrogens with zero attached hydrogens (tertiary/aromatic N) is 4. The second-order valence-corrected chi connectivity index (χ2v) is 9.96. The third-order valence-electron chi connectivity index (χ3n) is 6.56. The van der Waals surface area contributed by atoms with E-state index in [1.165, 1.54) is 0 Å². The molecule has 1 fully saturated rings. The van der Waals surface area contributed by atoms with E-state index in [9.17, 15) is 0 Å². The Bertz CT molecular complexity index is 1390. The second kappa shape index (κ2) is 11.4. The number of ether oxygens (including phenoxy) is 2. The van der Waals surface area contributed by atoms with Crippen LogP contribution >= 0.6 is 23.8 Å². The van der Waals surface area contributed by atoms with Crippen molar-refractivity contribution in [3.8, 4) is 11.4 Å². The van der Waals surface area contributed by atoms with E-state index < -0.39 is 0 Å². The fourth-order valence-electron chi connectivity index (χ4n) is 4.71. The van der Waals surface area contributed by atoms with E-state index in [-0.39, 0.29) is 12.1 Å². The molecule has 1 aliphatic heterocycles. The number of aromatic nitrogens is 2. The van der Waals surface area contributed by atoms with Crippen molar-refractivity contribution in [3.05, 3.63) is 102 Å². The van der Waals surface area contributed by atoms with Crippen LogP contribution in [0.2, 0.25) is 5.02 Å². The topological polar surface area (TPSA) is 54.8 Å². The third kappa shape index (κ3) is 5.20. The molecule has 196 valence electrons. The lowest BCUT2D eigenvalue weighted by Gasteiger charge is -2.29. The summed E-state index contributed by atoms with van der Waals surface area (Å²) in [5.74, 6) is 0.604. The van der Waals surface area contributed by atoms with Gasteiger partial charge >= 0.3 is 0 Å². The summed E-state index contributed by atoms with van der Waals surface area (Å²) in [5.41, 5.74) is 5.05. The van der Waals surface area contributed by atoms with Gasteiger partial charge in [0, 0.05) is 56.4 Å². The molecule has 0 spiro atoms. The van der Waals surface area contributed by atoms with Crippen LogP contribution in [0.15, 0.2) is 85.2 Å². The Balaban J connectivity index is 1.57. The van der Waals surface area contributed by atoms with E-state index in [1.54, 1.807) is 7.11 Å². The van der Waals surface area contributed by atoms with Crippen LogP contribution in [-0.2, 0) is 4.74 Å². The molecule has 0 aliphatic carbocycles. The number of anilines is 2. The van der Waals surface area contributed by atoms with Crippen molar-refractivity contribution in [2.45, 2.75) is 12.1 Å². The fraction of sp³-hybridized carbons (Fsp3) is 0.241. The number of hydrogen-bond donors (Lipinski definition) is 1. The highest BCUT2D eigenvalue weighted by molar-refractivity contribution is 7.80. The Morgan fingerprint density at radius 1 is 1.00 bits per heavy atom. The van der Waals surface area contributed by atoms with Crippen molar-refractivity contribution >= 4 is 40.3 Å². The Kier molecular flexibility index (Phi) is 7.83. The Labute approximate surface area is 233 Å². The molecule has 1 saturated heterocycles. The van der Waals surface area contributed by atoms with Crippen molar-refractivity contribution in [1.82, 2.24) is 14.9 Å². The largest absolute Gasteiger partial charge is 0.490 e.